The smallest absolute Gasteiger partial charge is 0.300 e. The van der Waals surface area contributed by atoms with Crippen molar-refractivity contribution in [3.8, 4) is 0 Å². The summed E-state index contributed by atoms with van der Waals surface area (Å²) in [5.74, 6) is -2.19. The van der Waals surface area contributed by atoms with E-state index in [-0.39, 0.29) is 11.3 Å². The molecule has 0 aromatic heterocycles. The van der Waals surface area contributed by atoms with Crippen LogP contribution in [0.5, 0.6) is 0 Å². The van der Waals surface area contributed by atoms with Gasteiger partial charge in [-0.1, -0.05) is 60.2 Å². The summed E-state index contributed by atoms with van der Waals surface area (Å²) in [4.78, 5) is 27.2. The van der Waals surface area contributed by atoms with E-state index in [0.29, 0.717) is 16.8 Å². The Hall–Kier alpha value is -3.73. The SMILES string of the molecule is Cc1ccc(C(O)=C2C(=O)C(=O)N(c3ccccc3)C2c2ccc(F)cc2)cc1. The fourth-order valence-electron chi connectivity index (χ4n) is 3.51. The number of para-hydroxylation sites is 1. The van der Waals surface area contributed by atoms with Crippen molar-refractivity contribution in [2.75, 3.05) is 4.90 Å². The van der Waals surface area contributed by atoms with Gasteiger partial charge in [0, 0.05) is 11.3 Å². The van der Waals surface area contributed by atoms with Crippen molar-refractivity contribution in [1.29, 1.82) is 0 Å². The molecule has 1 fully saturated rings. The number of Topliss-reactive ketones (excluding diaryl/α,β-unsaturated/α-hetero) is 1. The molecule has 1 heterocycles. The topological polar surface area (TPSA) is 57.6 Å². The quantitative estimate of drug-likeness (QED) is 0.400. The van der Waals surface area contributed by atoms with E-state index in [4.69, 9.17) is 0 Å². The Balaban J connectivity index is 1.94. The van der Waals surface area contributed by atoms with Crippen LogP contribution in [0.3, 0.4) is 0 Å². The number of hydrogen-bond acceptors (Lipinski definition) is 3. The molecule has 144 valence electrons. The molecule has 0 bridgehead atoms. The predicted molar refractivity (Wildman–Crippen MR) is 109 cm³/mol. The Morgan fingerprint density at radius 3 is 2.14 bits per heavy atom. The zero-order valence-corrected chi connectivity index (χ0v) is 15.7. The van der Waals surface area contributed by atoms with Gasteiger partial charge in [0.25, 0.3) is 11.7 Å². The summed E-state index contributed by atoms with van der Waals surface area (Å²) in [5, 5.41) is 11.0. The molecule has 1 amide bonds. The van der Waals surface area contributed by atoms with Crippen LogP contribution in [0, 0.1) is 12.7 Å². The van der Waals surface area contributed by atoms with Crippen molar-refractivity contribution >= 4 is 23.1 Å². The predicted octanol–water partition coefficient (Wildman–Crippen LogP) is 4.76. The van der Waals surface area contributed by atoms with Crippen LogP contribution < -0.4 is 4.90 Å². The fourth-order valence-corrected chi connectivity index (χ4v) is 3.51. The van der Waals surface area contributed by atoms with Gasteiger partial charge in [0.2, 0.25) is 0 Å². The summed E-state index contributed by atoms with van der Waals surface area (Å²) in [7, 11) is 0. The second kappa shape index (κ2) is 7.36. The number of aliphatic hydroxyl groups excluding tert-OH is 1. The van der Waals surface area contributed by atoms with Crippen LogP contribution >= 0.6 is 0 Å². The van der Waals surface area contributed by atoms with Crippen molar-refractivity contribution < 1.29 is 19.1 Å². The fraction of sp³-hybridized carbons (Fsp3) is 0.0833. The van der Waals surface area contributed by atoms with Gasteiger partial charge in [-0.25, -0.2) is 4.39 Å². The molecule has 4 nitrogen and oxygen atoms in total. The number of hydrogen-bond donors (Lipinski definition) is 1. The minimum atomic E-state index is -0.862. The van der Waals surface area contributed by atoms with Gasteiger partial charge in [0.15, 0.2) is 0 Å². The van der Waals surface area contributed by atoms with Crippen LogP contribution in [0.4, 0.5) is 10.1 Å². The average Bonchev–Trinajstić information content (AvgIpc) is 3.00. The monoisotopic (exact) mass is 387 g/mol. The molecule has 1 saturated heterocycles. The molecule has 1 atom stereocenters. The van der Waals surface area contributed by atoms with Gasteiger partial charge in [-0.05, 0) is 36.8 Å². The van der Waals surface area contributed by atoms with Gasteiger partial charge in [0.1, 0.15) is 11.6 Å². The first-order valence-corrected chi connectivity index (χ1v) is 9.16. The highest BCUT2D eigenvalue weighted by atomic mass is 19.1. The first-order chi connectivity index (χ1) is 14.0. The van der Waals surface area contributed by atoms with Crippen LogP contribution in [-0.2, 0) is 9.59 Å². The lowest BCUT2D eigenvalue weighted by atomic mass is 9.95. The van der Waals surface area contributed by atoms with Crippen molar-refractivity contribution in [3.05, 3.63) is 107 Å². The highest BCUT2D eigenvalue weighted by Gasteiger charge is 2.46. The molecule has 1 aliphatic heterocycles. The molecule has 1 N–H and O–H groups in total. The van der Waals surface area contributed by atoms with Gasteiger partial charge in [-0.3, -0.25) is 14.5 Å². The minimum Gasteiger partial charge on any atom is -0.507 e. The summed E-state index contributed by atoms with van der Waals surface area (Å²) in [6.07, 6.45) is 0. The molecule has 0 aliphatic carbocycles. The molecule has 5 heteroatoms. The maximum Gasteiger partial charge on any atom is 0.300 e. The van der Waals surface area contributed by atoms with Gasteiger partial charge < -0.3 is 5.11 Å². The largest absolute Gasteiger partial charge is 0.507 e. The van der Waals surface area contributed by atoms with E-state index in [1.807, 2.05) is 19.1 Å². The van der Waals surface area contributed by atoms with E-state index in [0.717, 1.165) is 5.56 Å². The van der Waals surface area contributed by atoms with Crippen molar-refractivity contribution in [3.63, 3.8) is 0 Å². The second-order valence-corrected chi connectivity index (χ2v) is 6.92. The number of aliphatic hydroxyl groups is 1. The lowest BCUT2D eigenvalue weighted by molar-refractivity contribution is -0.132. The highest BCUT2D eigenvalue weighted by molar-refractivity contribution is 6.51. The summed E-state index contributed by atoms with van der Waals surface area (Å²) < 4.78 is 13.5. The number of carbonyl (C=O) groups excluding carboxylic acids is 2. The minimum absolute atomic E-state index is 0.0192. The molecule has 29 heavy (non-hydrogen) atoms. The van der Waals surface area contributed by atoms with E-state index in [1.54, 1.807) is 42.5 Å². The highest BCUT2D eigenvalue weighted by Crippen LogP contribution is 2.42. The number of halogens is 1. The first-order valence-electron chi connectivity index (χ1n) is 9.16. The van der Waals surface area contributed by atoms with E-state index >= 15 is 0 Å². The molecule has 1 aliphatic rings. The molecular formula is C24H18FNO3. The van der Waals surface area contributed by atoms with E-state index in [9.17, 15) is 19.1 Å². The first kappa shape index (κ1) is 18.6. The summed E-state index contributed by atoms with van der Waals surface area (Å²) >= 11 is 0. The van der Waals surface area contributed by atoms with E-state index in [1.165, 1.54) is 29.2 Å². The molecule has 0 radical (unpaired) electrons. The number of anilines is 1. The average molecular weight is 387 g/mol. The third-order valence-electron chi connectivity index (χ3n) is 4.99. The number of rotatable bonds is 3. The normalized spacial score (nSPS) is 18.3. The molecular weight excluding hydrogens is 369 g/mol. The molecule has 0 saturated carbocycles. The molecule has 0 spiro atoms. The third kappa shape index (κ3) is 3.31. The zero-order valence-electron chi connectivity index (χ0n) is 15.7. The van der Waals surface area contributed by atoms with Crippen LogP contribution in [0.25, 0.3) is 5.76 Å². The number of benzene rings is 3. The summed E-state index contributed by atoms with van der Waals surface area (Å²) in [6, 6.07) is 20.5. The maximum atomic E-state index is 13.5. The van der Waals surface area contributed by atoms with Crippen molar-refractivity contribution in [1.82, 2.24) is 0 Å². The van der Waals surface area contributed by atoms with Crippen LogP contribution in [0.2, 0.25) is 0 Å². The number of carbonyl (C=O) groups is 2. The van der Waals surface area contributed by atoms with Crippen molar-refractivity contribution in [2.45, 2.75) is 13.0 Å². The summed E-state index contributed by atoms with van der Waals surface area (Å²) in [5.41, 5.74) is 2.47. The zero-order chi connectivity index (χ0) is 20.5. The van der Waals surface area contributed by atoms with Gasteiger partial charge >= 0.3 is 0 Å². The maximum absolute atomic E-state index is 13.5. The van der Waals surface area contributed by atoms with Crippen LogP contribution in [0.15, 0.2) is 84.4 Å². The molecule has 3 aromatic carbocycles. The Labute approximate surface area is 167 Å². The standard InChI is InChI=1S/C24H18FNO3/c1-15-7-9-17(10-8-15)22(27)20-21(16-11-13-18(25)14-12-16)26(24(29)23(20)28)19-5-3-2-4-6-19/h2-14,21,27H,1H3. The van der Waals surface area contributed by atoms with Crippen molar-refractivity contribution in [2.24, 2.45) is 0 Å². The summed E-state index contributed by atoms with van der Waals surface area (Å²) in [6.45, 7) is 1.91. The lowest BCUT2D eigenvalue weighted by Gasteiger charge is -2.25. The molecule has 1 unspecified atom stereocenters. The number of nitrogens with zero attached hydrogens (tertiary/aromatic N) is 1. The molecule has 3 aromatic rings. The van der Waals surface area contributed by atoms with Gasteiger partial charge in [0.05, 0.1) is 11.6 Å². The van der Waals surface area contributed by atoms with Crippen LogP contribution in [0.1, 0.15) is 22.7 Å². The lowest BCUT2D eigenvalue weighted by Crippen LogP contribution is -2.29. The van der Waals surface area contributed by atoms with E-state index < -0.39 is 23.5 Å². The second-order valence-electron chi connectivity index (χ2n) is 6.92. The Kier molecular flexibility index (Phi) is 4.72. The molecule has 4 rings (SSSR count). The van der Waals surface area contributed by atoms with Crippen LogP contribution in [-0.4, -0.2) is 16.8 Å². The Morgan fingerprint density at radius 2 is 1.52 bits per heavy atom. The Bertz CT molecular complexity index is 1100. The van der Waals surface area contributed by atoms with E-state index in [2.05, 4.69) is 0 Å². The Morgan fingerprint density at radius 1 is 0.897 bits per heavy atom. The van der Waals surface area contributed by atoms with Gasteiger partial charge in [-0.2, -0.15) is 0 Å². The number of ketones is 1. The number of aryl methyl sites for hydroxylation is 1. The van der Waals surface area contributed by atoms with Gasteiger partial charge in [-0.15, -0.1) is 0 Å². The number of amides is 1. The third-order valence-corrected chi connectivity index (χ3v) is 4.99.